The number of hydrogen-bond donors (Lipinski definition) is 3. The summed E-state index contributed by atoms with van der Waals surface area (Å²) in [5.41, 5.74) is 2.10. The van der Waals surface area contributed by atoms with Crippen LogP contribution < -0.4 is 10.6 Å². The molecule has 1 aromatic heterocycles. The summed E-state index contributed by atoms with van der Waals surface area (Å²) in [6.45, 7) is 7.35. The van der Waals surface area contributed by atoms with Crippen molar-refractivity contribution < 1.29 is 0 Å². The van der Waals surface area contributed by atoms with Crippen molar-refractivity contribution in [2.45, 2.75) is 33.2 Å². The average molecular weight is 287 g/mol. The third-order valence-corrected chi connectivity index (χ3v) is 3.68. The van der Waals surface area contributed by atoms with Gasteiger partial charge >= 0.3 is 0 Å². The molecule has 0 bridgehead atoms. The Labute approximate surface area is 126 Å². The fourth-order valence-electron chi connectivity index (χ4n) is 2.00. The standard InChI is InChI=1S/C16H25N5/c1-11(2)12(3)19-16(17-4)18-10-9-15-20-13-7-5-6-8-14(13)21-15/h5-8,11-12H,9-10H2,1-4H3,(H,20,21)(H2,17,18,19). The number of rotatable bonds is 5. The summed E-state index contributed by atoms with van der Waals surface area (Å²) < 4.78 is 0. The minimum Gasteiger partial charge on any atom is -0.356 e. The first-order valence-electron chi connectivity index (χ1n) is 7.51. The van der Waals surface area contributed by atoms with Crippen LogP contribution in [-0.4, -0.2) is 35.6 Å². The Hall–Kier alpha value is -2.04. The van der Waals surface area contributed by atoms with Gasteiger partial charge in [0.2, 0.25) is 0 Å². The summed E-state index contributed by atoms with van der Waals surface area (Å²) in [6, 6.07) is 8.48. The maximum atomic E-state index is 4.57. The fraction of sp³-hybridized carbons (Fsp3) is 0.500. The lowest BCUT2D eigenvalue weighted by molar-refractivity contribution is 0.481. The van der Waals surface area contributed by atoms with E-state index in [1.165, 1.54) is 0 Å². The second kappa shape index (κ2) is 7.11. The molecule has 1 heterocycles. The minimum absolute atomic E-state index is 0.391. The molecule has 2 aromatic rings. The molecule has 0 saturated carbocycles. The van der Waals surface area contributed by atoms with Crippen molar-refractivity contribution in [3.8, 4) is 0 Å². The highest BCUT2D eigenvalue weighted by atomic mass is 15.2. The number of H-pyrrole nitrogens is 1. The normalized spacial score (nSPS) is 13.7. The number of nitrogens with zero attached hydrogens (tertiary/aromatic N) is 2. The van der Waals surface area contributed by atoms with Crippen LogP contribution in [-0.2, 0) is 6.42 Å². The van der Waals surface area contributed by atoms with E-state index >= 15 is 0 Å². The predicted molar refractivity (Wildman–Crippen MR) is 88.6 cm³/mol. The molecule has 2 rings (SSSR count). The molecule has 114 valence electrons. The average Bonchev–Trinajstić information content (AvgIpc) is 2.88. The smallest absolute Gasteiger partial charge is 0.191 e. The van der Waals surface area contributed by atoms with Gasteiger partial charge in [0.1, 0.15) is 5.82 Å². The Kier molecular flexibility index (Phi) is 5.20. The summed E-state index contributed by atoms with van der Waals surface area (Å²) in [4.78, 5) is 12.2. The molecule has 5 heteroatoms. The molecule has 0 saturated heterocycles. The first kappa shape index (κ1) is 15.4. The molecular formula is C16H25N5. The number of para-hydroxylation sites is 2. The molecule has 0 aliphatic carbocycles. The van der Waals surface area contributed by atoms with Crippen LogP contribution >= 0.6 is 0 Å². The van der Waals surface area contributed by atoms with E-state index in [-0.39, 0.29) is 0 Å². The van der Waals surface area contributed by atoms with Crippen LogP contribution in [0.25, 0.3) is 11.0 Å². The molecule has 1 unspecified atom stereocenters. The quantitative estimate of drug-likeness (QED) is 0.584. The second-order valence-corrected chi connectivity index (χ2v) is 5.63. The zero-order chi connectivity index (χ0) is 15.2. The van der Waals surface area contributed by atoms with Crippen molar-refractivity contribution in [3.63, 3.8) is 0 Å². The summed E-state index contributed by atoms with van der Waals surface area (Å²) in [5.74, 6) is 2.40. The van der Waals surface area contributed by atoms with E-state index in [0.717, 1.165) is 35.8 Å². The van der Waals surface area contributed by atoms with Gasteiger partial charge in [-0.1, -0.05) is 26.0 Å². The van der Waals surface area contributed by atoms with Crippen molar-refractivity contribution in [1.82, 2.24) is 20.6 Å². The zero-order valence-corrected chi connectivity index (χ0v) is 13.3. The molecule has 0 spiro atoms. The first-order valence-corrected chi connectivity index (χ1v) is 7.51. The first-order chi connectivity index (χ1) is 10.1. The number of aliphatic imine (C=N–C) groups is 1. The molecule has 1 atom stereocenters. The van der Waals surface area contributed by atoms with Crippen LogP contribution in [0, 0.1) is 5.92 Å². The maximum absolute atomic E-state index is 4.57. The highest BCUT2D eigenvalue weighted by molar-refractivity contribution is 5.80. The number of fused-ring (bicyclic) bond motifs is 1. The molecule has 3 N–H and O–H groups in total. The summed E-state index contributed by atoms with van der Waals surface area (Å²) >= 11 is 0. The van der Waals surface area contributed by atoms with Crippen LogP contribution in [0.4, 0.5) is 0 Å². The number of aromatic nitrogens is 2. The monoisotopic (exact) mass is 287 g/mol. The number of aromatic amines is 1. The van der Waals surface area contributed by atoms with E-state index in [2.05, 4.69) is 46.4 Å². The van der Waals surface area contributed by atoms with Gasteiger partial charge in [-0.15, -0.1) is 0 Å². The van der Waals surface area contributed by atoms with Crippen molar-refractivity contribution in [2.24, 2.45) is 10.9 Å². The highest BCUT2D eigenvalue weighted by Gasteiger charge is 2.09. The molecule has 0 aliphatic heterocycles. The number of hydrogen-bond acceptors (Lipinski definition) is 2. The molecule has 5 nitrogen and oxygen atoms in total. The molecular weight excluding hydrogens is 262 g/mol. The lowest BCUT2D eigenvalue weighted by Gasteiger charge is -2.20. The second-order valence-electron chi connectivity index (χ2n) is 5.63. The topological polar surface area (TPSA) is 65.1 Å². The van der Waals surface area contributed by atoms with E-state index in [0.29, 0.717) is 12.0 Å². The summed E-state index contributed by atoms with van der Waals surface area (Å²) in [7, 11) is 1.80. The Morgan fingerprint density at radius 1 is 1.29 bits per heavy atom. The van der Waals surface area contributed by atoms with Gasteiger partial charge in [-0.3, -0.25) is 4.99 Å². The van der Waals surface area contributed by atoms with Crippen LogP contribution in [0.1, 0.15) is 26.6 Å². The van der Waals surface area contributed by atoms with Crippen molar-refractivity contribution in [3.05, 3.63) is 30.1 Å². The van der Waals surface area contributed by atoms with Crippen LogP contribution in [0.3, 0.4) is 0 Å². The molecule has 1 aromatic carbocycles. The van der Waals surface area contributed by atoms with Gasteiger partial charge in [0, 0.05) is 26.1 Å². The minimum atomic E-state index is 0.391. The van der Waals surface area contributed by atoms with E-state index in [1.54, 1.807) is 7.05 Å². The molecule has 0 radical (unpaired) electrons. The maximum Gasteiger partial charge on any atom is 0.191 e. The molecule has 0 amide bonds. The number of guanidine groups is 1. The van der Waals surface area contributed by atoms with Gasteiger partial charge in [0.15, 0.2) is 5.96 Å². The summed E-state index contributed by atoms with van der Waals surface area (Å²) in [6.07, 6.45) is 0.839. The lowest BCUT2D eigenvalue weighted by atomic mass is 10.1. The van der Waals surface area contributed by atoms with Crippen LogP contribution in [0.2, 0.25) is 0 Å². The van der Waals surface area contributed by atoms with Gasteiger partial charge in [0.25, 0.3) is 0 Å². The number of benzene rings is 1. The van der Waals surface area contributed by atoms with Crippen LogP contribution in [0.5, 0.6) is 0 Å². The van der Waals surface area contributed by atoms with Gasteiger partial charge in [-0.2, -0.15) is 0 Å². The van der Waals surface area contributed by atoms with E-state index in [1.807, 2.05) is 24.3 Å². The largest absolute Gasteiger partial charge is 0.356 e. The van der Waals surface area contributed by atoms with Gasteiger partial charge in [-0.25, -0.2) is 4.98 Å². The third kappa shape index (κ3) is 4.21. The highest BCUT2D eigenvalue weighted by Crippen LogP contribution is 2.10. The molecule has 0 aliphatic rings. The Bertz CT molecular complexity index is 566. The Morgan fingerprint density at radius 2 is 2.05 bits per heavy atom. The summed E-state index contributed by atoms with van der Waals surface area (Å²) in [5, 5.41) is 6.71. The lowest BCUT2D eigenvalue weighted by Crippen LogP contribution is -2.44. The van der Waals surface area contributed by atoms with Crippen molar-refractivity contribution >= 4 is 17.0 Å². The number of imidazole rings is 1. The predicted octanol–water partition coefficient (Wildman–Crippen LogP) is 2.31. The Morgan fingerprint density at radius 3 is 2.71 bits per heavy atom. The van der Waals surface area contributed by atoms with Gasteiger partial charge in [0.05, 0.1) is 11.0 Å². The van der Waals surface area contributed by atoms with E-state index < -0.39 is 0 Å². The van der Waals surface area contributed by atoms with Crippen molar-refractivity contribution in [1.29, 1.82) is 0 Å². The zero-order valence-electron chi connectivity index (χ0n) is 13.3. The Balaban J connectivity index is 1.85. The van der Waals surface area contributed by atoms with E-state index in [4.69, 9.17) is 0 Å². The third-order valence-electron chi connectivity index (χ3n) is 3.68. The SMILES string of the molecule is CN=C(NCCc1nc2ccccc2[nH]1)NC(C)C(C)C. The van der Waals surface area contributed by atoms with Gasteiger partial charge in [-0.05, 0) is 25.0 Å². The van der Waals surface area contributed by atoms with E-state index in [9.17, 15) is 0 Å². The molecule has 21 heavy (non-hydrogen) atoms. The number of nitrogens with one attached hydrogen (secondary N) is 3. The van der Waals surface area contributed by atoms with Gasteiger partial charge < -0.3 is 15.6 Å². The van der Waals surface area contributed by atoms with Crippen LogP contribution in [0.15, 0.2) is 29.3 Å². The van der Waals surface area contributed by atoms with Crippen molar-refractivity contribution in [2.75, 3.05) is 13.6 Å². The fourth-order valence-corrected chi connectivity index (χ4v) is 2.00. The molecule has 0 fully saturated rings.